The molecular weight excluding hydrogens is 152 g/mol. The lowest BCUT2D eigenvalue weighted by Gasteiger charge is -2.24. The molecule has 0 saturated carbocycles. The Labute approximate surface area is 74.3 Å². The zero-order valence-electron chi connectivity index (χ0n) is 7.99. The average Bonchev–Trinajstić information content (AvgIpc) is 2.26. The summed E-state index contributed by atoms with van der Waals surface area (Å²) in [7, 11) is 0. The van der Waals surface area contributed by atoms with Gasteiger partial charge in [-0.3, -0.25) is 4.79 Å². The first-order chi connectivity index (χ1) is 5.77. The Morgan fingerprint density at radius 2 is 2.25 bits per heavy atom. The molecule has 0 aliphatic carbocycles. The van der Waals surface area contributed by atoms with E-state index in [2.05, 4.69) is 18.7 Å². The molecule has 3 nitrogen and oxygen atoms in total. The second-order valence-electron chi connectivity index (χ2n) is 3.44. The number of carbonyl (C=O) groups excluding carboxylic acids is 1. The molecule has 0 N–H and O–H groups in total. The van der Waals surface area contributed by atoms with E-state index in [0.717, 1.165) is 39.0 Å². The van der Waals surface area contributed by atoms with Crippen LogP contribution in [0.4, 0.5) is 0 Å². The van der Waals surface area contributed by atoms with Gasteiger partial charge in [-0.2, -0.15) is 0 Å². The number of likely N-dealkylation sites (N-methyl/N-ethyl adjacent to an activating group) is 1. The van der Waals surface area contributed by atoms with Crippen molar-refractivity contribution in [2.45, 2.75) is 26.3 Å². The van der Waals surface area contributed by atoms with Gasteiger partial charge in [0.15, 0.2) is 0 Å². The molecule has 3 heteroatoms. The van der Waals surface area contributed by atoms with E-state index in [-0.39, 0.29) is 0 Å². The molecule has 1 rings (SSSR count). The summed E-state index contributed by atoms with van der Waals surface area (Å²) >= 11 is 0. The second-order valence-corrected chi connectivity index (χ2v) is 3.44. The molecule has 0 aromatic rings. The van der Waals surface area contributed by atoms with Gasteiger partial charge in [-0.05, 0) is 26.4 Å². The summed E-state index contributed by atoms with van der Waals surface area (Å²) < 4.78 is 0. The Morgan fingerprint density at radius 1 is 1.50 bits per heavy atom. The fourth-order valence-electron chi connectivity index (χ4n) is 1.71. The van der Waals surface area contributed by atoms with Crippen LogP contribution in [0.1, 0.15) is 20.3 Å². The number of rotatable bonds is 2. The van der Waals surface area contributed by atoms with Gasteiger partial charge in [0.05, 0.1) is 0 Å². The predicted molar refractivity (Wildman–Crippen MR) is 49.0 cm³/mol. The quantitative estimate of drug-likeness (QED) is 0.565. The van der Waals surface area contributed by atoms with Crippen molar-refractivity contribution in [2.24, 2.45) is 0 Å². The lowest BCUT2D eigenvalue weighted by molar-refractivity contribution is -0.119. The van der Waals surface area contributed by atoms with Gasteiger partial charge in [-0.1, -0.05) is 6.92 Å². The van der Waals surface area contributed by atoms with Crippen molar-refractivity contribution < 1.29 is 4.79 Å². The predicted octanol–water partition coefficient (Wildman–Crippen LogP) is 0.559. The summed E-state index contributed by atoms with van der Waals surface area (Å²) in [6.07, 6.45) is 2.08. The van der Waals surface area contributed by atoms with Gasteiger partial charge in [0.1, 0.15) is 0 Å². The zero-order chi connectivity index (χ0) is 8.97. The van der Waals surface area contributed by atoms with Crippen LogP contribution in [-0.2, 0) is 4.79 Å². The molecule has 0 bridgehead atoms. The molecule has 1 aliphatic heterocycles. The van der Waals surface area contributed by atoms with Gasteiger partial charge < -0.3 is 9.80 Å². The zero-order valence-corrected chi connectivity index (χ0v) is 7.99. The SMILES string of the molecule is CCN1CCCN(C=O)C(C)C1. The van der Waals surface area contributed by atoms with E-state index < -0.39 is 0 Å². The van der Waals surface area contributed by atoms with E-state index in [0.29, 0.717) is 6.04 Å². The summed E-state index contributed by atoms with van der Waals surface area (Å²) in [6, 6.07) is 0.380. The average molecular weight is 170 g/mol. The highest BCUT2D eigenvalue weighted by atomic mass is 16.1. The van der Waals surface area contributed by atoms with Gasteiger partial charge in [-0.15, -0.1) is 0 Å². The maximum Gasteiger partial charge on any atom is 0.209 e. The van der Waals surface area contributed by atoms with Crippen molar-refractivity contribution in [1.82, 2.24) is 9.80 Å². The maximum absolute atomic E-state index is 10.6. The van der Waals surface area contributed by atoms with Crippen LogP contribution in [0, 0.1) is 0 Å². The Kier molecular flexibility index (Phi) is 3.53. The van der Waals surface area contributed by atoms with Crippen LogP contribution in [0.25, 0.3) is 0 Å². The third-order valence-corrected chi connectivity index (χ3v) is 2.56. The highest BCUT2D eigenvalue weighted by Gasteiger charge is 2.18. The first kappa shape index (κ1) is 9.52. The van der Waals surface area contributed by atoms with Crippen LogP contribution < -0.4 is 0 Å². The largest absolute Gasteiger partial charge is 0.341 e. The Morgan fingerprint density at radius 3 is 2.83 bits per heavy atom. The molecule has 1 aliphatic rings. The summed E-state index contributed by atoms with van der Waals surface area (Å²) in [5, 5.41) is 0. The normalized spacial score (nSPS) is 26.8. The van der Waals surface area contributed by atoms with Crippen molar-refractivity contribution in [3.63, 3.8) is 0 Å². The molecule has 1 atom stereocenters. The molecular formula is C9H18N2O. The lowest BCUT2D eigenvalue weighted by Crippen LogP contribution is -2.37. The van der Waals surface area contributed by atoms with Gasteiger partial charge in [0.2, 0.25) is 6.41 Å². The summed E-state index contributed by atoms with van der Waals surface area (Å²) in [5.41, 5.74) is 0. The third-order valence-electron chi connectivity index (χ3n) is 2.56. The monoisotopic (exact) mass is 170 g/mol. The lowest BCUT2D eigenvalue weighted by atomic mass is 10.3. The fraction of sp³-hybridized carbons (Fsp3) is 0.889. The van der Waals surface area contributed by atoms with E-state index >= 15 is 0 Å². The third kappa shape index (κ3) is 2.21. The van der Waals surface area contributed by atoms with Crippen LogP contribution in [-0.4, -0.2) is 48.4 Å². The molecule has 1 saturated heterocycles. The van der Waals surface area contributed by atoms with E-state index in [9.17, 15) is 4.79 Å². The molecule has 0 aromatic carbocycles. The van der Waals surface area contributed by atoms with Crippen LogP contribution >= 0.6 is 0 Å². The second kappa shape index (κ2) is 4.45. The smallest absolute Gasteiger partial charge is 0.209 e. The van der Waals surface area contributed by atoms with Gasteiger partial charge in [0, 0.05) is 19.1 Å². The maximum atomic E-state index is 10.6. The minimum atomic E-state index is 0.380. The van der Waals surface area contributed by atoms with Gasteiger partial charge in [-0.25, -0.2) is 0 Å². The molecule has 1 fully saturated rings. The molecule has 1 heterocycles. The van der Waals surface area contributed by atoms with Crippen LogP contribution in [0.5, 0.6) is 0 Å². The number of nitrogens with zero attached hydrogens (tertiary/aromatic N) is 2. The Balaban J connectivity index is 2.49. The van der Waals surface area contributed by atoms with Crippen molar-refractivity contribution in [2.75, 3.05) is 26.2 Å². The van der Waals surface area contributed by atoms with Crippen molar-refractivity contribution in [3.05, 3.63) is 0 Å². The fourth-order valence-corrected chi connectivity index (χ4v) is 1.71. The molecule has 1 amide bonds. The molecule has 70 valence electrons. The van der Waals surface area contributed by atoms with Crippen molar-refractivity contribution >= 4 is 6.41 Å². The molecule has 1 unspecified atom stereocenters. The minimum Gasteiger partial charge on any atom is -0.341 e. The topological polar surface area (TPSA) is 23.6 Å². The van der Waals surface area contributed by atoms with Crippen LogP contribution in [0.15, 0.2) is 0 Å². The summed E-state index contributed by atoms with van der Waals surface area (Å²) in [4.78, 5) is 14.9. The molecule has 0 radical (unpaired) electrons. The van der Waals surface area contributed by atoms with E-state index in [1.54, 1.807) is 0 Å². The molecule has 0 spiro atoms. The van der Waals surface area contributed by atoms with Gasteiger partial charge >= 0.3 is 0 Å². The highest BCUT2D eigenvalue weighted by Crippen LogP contribution is 2.06. The Bertz CT molecular complexity index is 149. The van der Waals surface area contributed by atoms with E-state index in [1.807, 2.05) is 4.90 Å². The minimum absolute atomic E-state index is 0.380. The highest BCUT2D eigenvalue weighted by molar-refractivity contribution is 5.47. The Hall–Kier alpha value is -0.570. The number of carbonyl (C=O) groups is 1. The molecule has 12 heavy (non-hydrogen) atoms. The summed E-state index contributed by atoms with van der Waals surface area (Å²) in [6.45, 7) is 8.45. The van der Waals surface area contributed by atoms with Crippen molar-refractivity contribution in [1.29, 1.82) is 0 Å². The summed E-state index contributed by atoms with van der Waals surface area (Å²) in [5.74, 6) is 0. The molecule has 0 aromatic heterocycles. The van der Waals surface area contributed by atoms with E-state index in [4.69, 9.17) is 0 Å². The van der Waals surface area contributed by atoms with Crippen molar-refractivity contribution in [3.8, 4) is 0 Å². The standard InChI is InChI=1S/C9H18N2O/c1-3-10-5-4-6-11(8-12)9(2)7-10/h8-9H,3-7H2,1-2H3. The number of hydrogen-bond acceptors (Lipinski definition) is 2. The van der Waals surface area contributed by atoms with Crippen LogP contribution in [0.2, 0.25) is 0 Å². The van der Waals surface area contributed by atoms with Gasteiger partial charge in [0.25, 0.3) is 0 Å². The first-order valence-corrected chi connectivity index (χ1v) is 4.71. The number of hydrogen-bond donors (Lipinski definition) is 0. The van der Waals surface area contributed by atoms with Crippen LogP contribution in [0.3, 0.4) is 0 Å². The number of amides is 1. The van der Waals surface area contributed by atoms with E-state index in [1.165, 1.54) is 0 Å². The first-order valence-electron chi connectivity index (χ1n) is 4.71.